The van der Waals surface area contributed by atoms with Crippen molar-refractivity contribution >= 4 is 50.4 Å². The van der Waals surface area contributed by atoms with Crippen LogP contribution in [0.15, 0.2) is 204 Å². The minimum absolute atomic E-state index is 0.111. The maximum atomic E-state index is 5.42. The van der Waals surface area contributed by atoms with Gasteiger partial charge in [0.15, 0.2) is 17.5 Å². The summed E-state index contributed by atoms with van der Waals surface area (Å²) in [6.07, 6.45) is 16.7. The van der Waals surface area contributed by atoms with Gasteiger partial charge < -0.3 is 9.88 Å². The van der Waals surface area contributed by atoms with Crippen molar-refractivity contribution in [3.63, 3.8) is 0 Å². The molecule has 1 N–H and O–H groups in total. The van der Waals surface area contributed by atoms with E-state index in [1.165, 1.54) is 0 Å². The molecule has 6 aromatic carbocycles. The van der Waals surface area contributed by atoms with Crippen LogP contribution in [0.3, 0.4) is 0 Å². The summed E-state index contributed by atoms with van der Waals surface area (Å²) in [5.41, 5.74) is 11.5. The predicted molar refractivity (Wildman–Crippen MR) is 251 cm³/mol. The predicted octanol–water partition coefficient (Wildman–Crippen LogP) is 11.3. The highest BCUT2D eigenvalue weighted by molar-refractivity contribution is 6.18. The zero-order valence-electron chi connectivity index (χ0n) is 33.7. The van der Waals surface area contributed by atoms with Gasteiger partial charge >= 0.3 is 6.29 Å². The SMILES string of the molecule is C1=CC2=[N+](C3N=C(c4ccccc4)NC(c4ccccc4)=N3)c3cc(-c4ccccc4)cc4c5cc(-c6nc(C7=CCCC=C7)nc(-c7ccccc7)n6)ccc5n(c34)C2C=C1. The molecule has 0 fully saturated rings. The summed E-state index contributed by atoms with van der Waals surface area (Å²) in [5, 5.41) is 5.85. The highest BCUT2D eigenvalue weighted by Gasteiger charge is 2.42. The Morgan fingerprint density at radius 3 is 1.81 bits per heavy atom. The van der Waals surface area contributed by atoms with Gasteiger partial charge in [0.1, 0.15) is 23.2 Å². The van der Waals surface area contributed by atoms with E-state index in [0.717, 1.165) is 96.7 Å². The van der Waals surface area contributed by atoms with E-state index >= 15 is 0 Å². The second kappa shape index (κ2) is 14.9. The lowest BCUT2D eigenvalue weighted by molar-refractivity contribution is -0.482. The standard InChI is InChI=1S/C54H39N8/c1-6-18-35(19-7-1)41-33-43-42-32-40(53-56-49(36-20-8-2-9-21-36)55-50(57-53)37-22-10-3-11-23-37)30-31-44(42)61-45-28-16-17-29-46(45)62(47(34-41)48(43)61)54-59-51(38-24-12-4-13-25-38)58-52(60-54)39-26-14-5-15-27-39/h1-2,4-10,12-34,45,54H,3,11H2,(H,58,59,60)/q+1. The number of benzene rings is 6. The Morgan fingerprint density at radius 2 is 1.15 bits per heavy atom. The van der Waals surface area contributed by atoms with Crippen LogP contribution in [0.5, 0.6) is 0 Å². The molecule has 0 saturated heterocycles. The second-order valence-corrected chi connectivity index (χ2v) is 15.8. The summed E-state index contributed by atoms with van der Waals surface area (Å²) in [5.74, 6) is 3.52. The molecule has 2 aromatic heterocycles. The highest BCUT2D eigenvalue weighted by Crippen LogP contribution is 2.46. The first kappa shape index (κ1) is 35.8. The van der Waals surface area contributed by atoms with Gasteiger partial charge in [0.25, 0.3) is 0 Å². The van der Waals surface area contributed by atoms with Crippen LogP contribution in [-0.2, 0) is 0 Å². The van der Waals surface area contributed by atoms with Crippen LogP contribution in [0.2, 0.25) is 0 Å². The average molecular weight is 800 g/mol. The molecule has 4 aliphatic rings. The molecule has 8 heteroatoms. The molecule has 0 bridgehead atoms. The van der Waals surface area contributed by atoms with Crippen molar-refractivity contribution in [1.29, 1.82) is 0 Å². The number of nitrogens with zero attached hydrogens (tertiary/aromatic N) is 7. The maximum Gasteiger partial charge on any atom is 0.355 e. The van der Waals surface area contributed by atoms with Crippen LogP contribution in [0.25, 0.3) is 61.3 Å². The summed E-state index contributed by atoms with van der Waals surface area (Å²) in [6.45, 7) is 0. The van der Waals surface area contributed by atoms with Crippen molar-refractivity contribution in [2.75, 3.05) is 0 Å². The van der Waals surface area contributed by atoms with Gasteiger partial charge in [-0.1, -0.05) is 158 Å². The Bertz CT molecular complexity index is 3240. The Kier molecular flexibility index (Phi) is 8.59. The first-order chi connectivity index (χ1) is 30.7. The number of rotatable bonds is 7. The Balaban J connectivity index is 1.11. The van der Waals surface area contributed by atoms with E-state index in [-0.39, 0.29) is 6.04 Å². The van der Waals surface area contributed by atoms with E-state index in [1.807, 2.05) is 54.6 Å². The molecule has 1 unspecified atom stereocenters. The number of amidine groups is 2. The molecule has 0 saturated carbocycles. The third kappa shape index (κ3) is 6.15. The minimum Gasteiger partial charge on any atom is -0.324 e. The van der Waals surface area contributed by atoms with Crippen LogP contribution in [0, 0.1) is 0 Å². The molecule has 4 heterocycles. The number of hydrogen-bond acceptors (Lipinski definition) is 6. The zero-order chi connectivity index (χ0) is 41.0. The van der Waals surface area contributed by atoms with Crippen molar-refractivity contribution in [1.82, 2.24) is 24.8 Å². The fourth-order valence-electron chi connectivity index (χ4n) is 9.09. The number of hydrogen-bond donors (Lipinski definition) is 1. The highest BCUT2D eigenvalue weighted by atomic mass is 15.4. The Labute approximate surface area is 358 Å². The fourth-order valence-corrected chi connectivity index (χ4v) is 9.09. The monoisotopic (exact) mass is 799 g/mol. The summed E-state index contributed by atoms with van der Waals surface area (Å²) < 4.78 is 4.84. The lowest BCUT2D eigenvalue weighted by Gasteiger charge is -2.28. The number of nitrogens with one attached hydrogen (secondary N) is 1. The topological polar surface area (TPSA) is 83.4 Å². The lowest BCUT2D eigenvalue weighted by atomic mass is 9.98. The Hall–Kier alpha value is -8.10. The average Bonchev–Trinajstić information content (AvgIpc) is 3.69. The van der Waals surface area contributed by atoms with Crippen molar-refractivity contribution in [2.45, 2.75) is 25.2 Å². The van der Waals surface area contributed by atoms with Gasteiger partial charge in [-0.25, -0.2) is 15.0 Å². The molecule has 1 atom stereocenters. The van der Waals surface area contributed by atoms with Crippen molar-refractivity contribution in [3.05, 3.63) is 211 Å². The number of aliphatic imine (C=N–C) groups is 2. The maximum absolute atomic E-state index is 5.42. The van der Waals surface area contributed by atoms with Crippen LogP contribution < -0.4 is 5.32 Å². The summed E-state index contributed by atoms with van der Waals surface area (Å²) >= 11 is 0. The van der Waals surface area contributed by atoms with Gasteiger partial charge in [-0.05, 0) is 48.2 Å². The molecule has 62 heavy (non-hydrogen) atoms. The van der Waals surface area contributed by atoms with Gasteiger partial charge in [-0.3, -0.25) is 0 Å². The summed E-state index contributed by atoms with van der Waals surface area (Å²) in [7, 11) is 0. The number of allylic oxidation sites excluding steroid dienone is 8. The summed E-state index contributed by atoms with van der Waals surface area (Å²) in [6, 6.07) is 52.7. The summed E-state index contributed by atoms with van der Waals surface area (Å²) in [4.78, 5) is 26.1. The molecule has 8 nitrogen and oxygen atoms in total. The van der Waals surface area contributed by atoms with Crippen molar-refractivity contribution in [2.24, 2.45) is 9.98 Å². The molecule has 294 valence electrons. The van der Waals surface area contributed by atoms with E-state index in [2.05, 4.69) is 154 Å². The van der Waals surface area contributed by atoms with E-state index in [4.69, 9.17) is 24.9 Å². The quantitative estimate of drug-likeness (QED) is 0.163. The third-order valence-electron chi connectivity index (χ3n) is 12.0. The van der Waals surface area contributed by atoms with Gasteiger partial charge in [-0.2, -0.15) is 9.98 Å². The molecule has 2 aliphatic heterocycles. The van der Waals surface area contributed by atoms with E-state index in [9.17, 15) is 0 Å². The molecule has 12 rings (SSSR count). The largest absolute Gasteiger partial charge is 0.355 e. The zero-order valence-corrected chi connectivity index (χ0v) is 33.7. The van der Waals surface area contributed by atoms with E-state index in [0.29, 0.717) is 17.5 Å². The fraction of sp³-hybridized carbons (Fsp3) is 0.0741. The number of aromatic nitrogens is 4. The smallest absolute Gasteiger partial charge is 0.324 e. The lowest BCUT2D eigenvalue weighted by Crippen LogP contribution is -2.42. The van der Waals surface area contributed by atoms with Crippen LogP contribution in [-0.4, -0.2) is 47.8 Å². The van der Waals surface area contributed by atoms with E-state index < -0.39 is 6.29 Å². The molecular formula is C54H39N8+. The van der Waals surface area contributed by atoms with Crippen LogP contribution in [0.1, 0.15) is 35.8 Å². The first-order valence-corrected chi connectivity index (χ1v) is 21.1. The van der Waals surface area contributed by atoms with Gasteiger partial charge in [0.2, 0.25) is 11.4 Å². The molecule has 0 spiro atoms. The molecule has 0 radical (unpaired) electrons. The van der Waals surface area contributed by atoms with Gasteiger partial charge in [0, 0.05) is 50.7 Å². The first-order valence-electron chi connectivity index (χ1n) is 21.1. The second-order valence-electron chi connectivity index (χ2n) is 15.8. The van der Waals surface area contributed by atoms with Crippen molar-refractivity contribution < 1.29 is 4.58 Å². The third-order valence-corrected chi connectivity index (χ3v) is 12.0. The van der Waals surface area contributed by atoms with Crippen LogP contribution in [0.4, 0.5) is 5.69 Å². The molecule has 8 aromatic rings. The van der Waals surface area contributed by atoms with Gasteiger partial charge in [-0.15, -0.1) is 4.58 Å². The van der Waals surface area contributed by atoms with Crippen molar-refractivity contribution in [3.8, 4) is 33.9 Å². The Morgan fingerprint density at radius 1 is 0.532 bits per heavy atom. The number of fused-ring (bicyclic) bond motifs is 5. The molecular weight excluding hydrogens is 761 g/mol. The molecule has 2 aliphatic carbocycles. The normalized spacial score (nSPS) is 16.8. The van der Waals surface area contributed by atoms with E-state index in [1.54, 1.807) is 0 Å². The molecule has 0 amide bonds. The minimum atomic E-state index is -0.602. The van der Waals surface area contributed by atoms with Crippen LogP contribution >= 0.6 is 0 Å². The van der Waals surface area contributed by atoms with Gasteiger partial charge in [0.05, 0.1) is 5.52 Å².